The smallest absolute Gasteiger partial charge is 0.108 e. The van der Waals surface area contributed by atoms with Gasteiger partial charge in [0.2, 0.25) is 0 Å². The maximum atomic E-state index is 11.8. The Hall–Kier alpha value is -1.70. The van der Waals surface area contributed by atoms with E-state index in [1.807, 2.05) is 31.4 Å². The lowest BCUT2D eigenvalue weighted by atomic mass is 10.0. The summed E-state index contributed by atoms with van der Waals surface area (Å²) < 4.78 is 11.8. The minimum Gasteiger partial charge on any atom is -0.269 e. The fourth-order valence-corrected chi connectivity index (χ4v) is 1.24. The number of halogens is 1. The van der Waals surface area contributed by atoms with E-state index in [2.05, 4.69) is 11.6 Å². The molecule has 1 heterocycles. The van der Waals surface area contributed by atoms with Crippen LogP contribution in [0.15, 0.2) is 64.9 Å². The monoisotopic (exact) mass is 217 g/mol. The predicted molar refractivity (Wildman–Crippen MR) is 68.3 cm³/mol. The molecule has 1 aliphatic rings. The summed E-state index contributed by atoms with van der Waals surface area (Å²) in [6, 6.07) is 0. The van der Waals surface area contributed by atoms with Crippen molar-refractivity contribution >= 4 is 6.21 Å². The van der Waals surface area contributed by atoms with Gasteiger partial charge in [-0.1, -0.05) is 30.9 Å². The highest BCUT2D eigenvalue weighted by atomic mass is 19.1. The van der Waals surface area contributed by atoms with Gasteiger partial charge in [0, 0.05) is 18.8 Å². The van der Waals surface area contributed by atoms with Crippen molar-refractivity contribution in [2.24, 2.45) is 4.99 Å². The highest BCUT2D eigenvalue weighted by Crippen LogP contribution is 2.15. The number of alkyl halides is 1. The minimum absolute atomic E-state index is 0.434. The molecule has 0 saturated heterocycles. The van der Waals surface area contributed by atoms with Crippen molar-refractivity contribution in [3.8, 4) is 0 Å². The molecular formula is C14H16FN. The average molecular weight is 217 g/mol. The number of hydrogen-bond acceptors (Lipinski definition) is 1. The molecule has 0 bridgehead atoms. The Balaban J connectivity index is 2.64. The molecule has 16 heavy (non-hydrogen) atoms. The fourth-order valence-electron chi connectivity index (χ4n) is 1.24. The second kappa shape index (κ2) is 6.72. The lowest BCUT2D eigenvalue weighted by Gasteiger charge is -2.04. The van der Waals surface area contributed by atoms with E-state index in [0.29, 0.717) is 0 Å². The molecule has 0 unspecified atom stereocenters. The van der Waals surface area contributed by atoms with E-state index >= 15 is 0 Å². The van der Waals surface area contributed by atoms with E-state index in [1.54, 1.807) is 12.3 Å². The largest absolute Gasteiger partial charge is 0.269 e. The number of aliphatic imine (C=N–C) groups is 1. The van der Waals surface area contributed by atoms with Gasteiger partial charge < -0.3 is 0 Å². The first-order valence-corrected chi connectivity index (χ1v) is 5.21. The number of rotatable bonds is 4. The molecule has 84 valence electrons. The molecule has 0 aliphatic carbocycles. The van der Waals surface area contributed by atoms with Gasteiger partial charge in [-0.3, -0.25) is 4.99 Å². The number of allylic oxidation sites excluding steroid dienone is 8. The second-order valence-corrected chi connectivity index (χ2v) is 3.53. The van der Waals surface area contributed by atoms with Crippen molar-refractivity contribution in [1.82, 2.24) is 0 Å². The Morgan fingerprint density at radius 3 is 3.06 bits per heavy atom. The van der Waals surface area contributed by atoms with Crippen molar-refractivity contribution in [3.63, 3.8) is 0 Å². The van der Waals surface area contributed by atoms with Crippen LogP contribution in [0.2, 0.25) is 0 Å². The zero-order valence-corrected chi connectivity index (χ0v) is 9.49. The SMILES string of the molecule is C=C(/C=C1/C=CN=CC1)/C(C)=C\C=C/CF. The summed E-state index contributed by atoms with van der Waals surface area (Å²) in [5.74, 6) is 0. The third kappa shape index (κ3) is 4.22. The zero-order valence-electron chi connectivity index (χ0n) is 9.49. The molecule has 1 nitrogen and oxygen atoms in total. The summed E-state index contributed by atoms with van der Waals surface area (Å²) in [6.07, 6.45) is 13.5. The molecule has 0 aromatic carbocycles. The molecule has 0 aromatic rings. The fraction of sp³-hybridized carbons (Fsp3) is 0.214. The molecule has 0 saturated carbocycles. The number of nitrogens with zero attached hydrogens (tertiary/aromatic N) is 1. The first-order chi connectivity index (χ1) is 7.74. The van der Waals surface area contributed by atoms with E-state index < -0.39 is 6.67 Å². The Morgan fingerprint density at radius 2 is 2.44 bits per heavy atom. The summed E-state index contributed by atoms with van der Waals surface area (Å²) in [4.78, 5) is 4.00. The lowest BCUT2D eigenvalue weighted by Crippen LogP contribution is -1.88. The molecule has 0 amide bonds. The molecule has 2 heteroatoms. The van der Waals surface area contributed by atoms with Crippen molar-refractivity contribution in [2.75, 3.05) is 6.67 Å². The molecular weight excluding hydrogens is 201 g/mol. The Labute approximate surface area is 96.1 Å². The van der Waals surface area contributed by atoms with Crippen molar-refractivity contribution in [1.29, 1.82) is 0 Å². The molecule has 0 aromatic heterocycles. The van der Waals surface area contributed by atoms with Gasteiger partial charge in [0.15, 0.2) is 0 Å². The van der Waals surface area contributed by atoms with Gasteiger partial charge in [-0.15, -0.1) is 0 Å². The van der Waals surface area contributed by atoms with Crippen LogP contribution >= 0.6 is 0 Å². The van der Waals surface area contributed by atoms with Crippen molar-refractivity contribution in [3.05, 3.63) is 59.9 Å². The van der Waals surface area contributed by atoms with Crippen molar-refractivity contribution in [2.45, 2.75) is 13.3 Å². The minimum atomic E-state index is -0.434. The molecule has 1 rings (SSSR count). The van der Waals surface area contributed by atoms with Gasteiger partial charge in [0.05, 0.1) is 0 Å². The van der Waals surface area contributed by atoms with E-state index in [0.717, 1.165) is 17.6 Å². The quantitative estimate of drug-likeness (QED) is 0.633. The maximum Gasteiger partial charge on any atom is 0.108 e. The van der Waals surface area contributed by atoms with E-state index in [9.17, 15) is 4.39 Å². The van der Waals surface area contributed by atoms with E-state index in [1.165, 1.54) is 11.6 Å². The maximum absolute atomic E-state index is 11.8. The summed E-state index contributed by atoms with van der Waals surface area (Å²) in [7, 11) is 0. The third-order valence-electron chi connectivity index (χ3n) is 2.24. The van der Waals surface area contributed by atoms with Gasteiger partial charge in [0.1, 0.15) is 6.67 Å². The van der Waals surface area contributed by atoms with Crippen LogP contribution < -0.4 is 0 Å². The molecule has 0 N–H and O–H groups in total. The van der Waals surface area contributed by atoms with E-state index in [-0.39, 0.29) is 0 Å². The molecule has 0 atom stereocenters. The Bertz CT molecular complexity index is 395. The van der Waals surface area contributed by atoms with Gasteiger partial charge in [0.25, 0.3) is 0 Å². The van der Waals surface area contributed by atoms with Crippen LogP contribution in [0.4, 0.5) is 4.39 Å². The first-order valence-electron chi connectivity index (χ1n) is 5.21. The first kappa shape index (κ1) is 12.4. The molecule has 1 aliphatic heterocycles. The van der Waals surface area contributed by atoms with Crippen molar-refractivity contribution < 1.29 is 4.39 Å². The van der Waals surface area contributed by atoms with Crippen LogP contribution in [-0.2, 0) is 0 Å². The lowest BCUT2D eigenvalue weighted by molar-refractivity contribution is 0.562. The molecule has 0 radical (unpaired) electrons. The molecule has 0 fully saturated rings. The predicted octanol–water partition coefficient (Wildman–Crippen LogP) is 3.93. The topological polar surface area (TPSA) is 12.4 Å². The highest BCUT2D eigenvalue weighted by Gasteiger charge is 1.97. The van der Waals surface area contributed by atoms with Crippen LogP contribution in [-0.4, -0.2) is 12.9 Å². The van der Waals surface area contributed by atoms with Crippen LogP contribution in [0.1, 0.15) is 13.3 Å². The van der Waals surface area contributed by atoms with Crippen LogP contribution in [0.25, 0.3) is 0 Å². The van der Waals surface area contributed by atoms with Gasteiger partial charge in [-0.05, 0) is 29.7 Å². The third-order valence-corrected chi connectivity index (χ3v) is 2.24. The summed E-state index contributed by atoms with van der Waals surface area (Å²) in [6.45, 7) is 5.50. The zero-order chi connectivity index (χ0) is 11.8. The normalized spacial score (nSPS) is 18.6. The van der Waals surface area contributed by atoms with E-state index in [4.69, 9.17) is 0 Å². The number of hydrogen-bond donors (Lipinski definition) is 0. The highest BCUT2D eigenvalue weighted by molar-refractivity contribution is 5.66. The summed E-state index contributed by atoms with van der Waals surface area (Å²) in [5.41, 5.74) is 3.16. The van der Waals surface area contributed by atoms with Gasteiger partial charge in [-0.25, -0.2) is 4.39 Å². The molecule has 0 spiro atoms. The van der Waals surface area contributed by atoms with Crippen LogP contribution in [0.3, 0.4) is 0 Å². The second-order valence-electron chi connectivity index (χ2n) is 3.53. The average Bonchev–Trinajstić information content (AvgIpc) is 2.30. The summed E-state index contributed by atoms with van der Waals surface area (Å²) in [5, 5.41) is 0. The van der Waals surface area contributed by atoms with Gasteiger partial charge in [-0.2, -0.15) is 0 Å². The Morgan fingerprint density at radius 1 is 1.62 bits per heavy atom. The van der Waals surface area contributed by atoms with Crippen LogP contribution in [0.5, 0.6) is 0 Å². The summed E-state index contributed by atoms with van der Waals surface area (Å²) >= 11 is 0. The standard InChI is InChI=1S/C14H16FN/c1-12(5-3-4-8-15)13(2)11-14-6-9-16-10-7-14/h3-6,9-11H,2,7-8H2,1H3/b4-3-,12-5-,14-11-. The van der Waals surface area contributed by atoms with Crippen LogP contribution in [0, 0.1) is 0 Å². The van der Waals surface area contributed by atoms with Gasteiger partial charge >= 0.3 is 0 Å². The Kier molecular flexibility index (Phi) is 5.20.